The molecule has 1 N–H and O–H groups in total. The lowest BCUT2D eigenvalue weighted by atomic mass is 9.96. The first-order chi connectivity index (χ1) is 14.6. The highest BCUT2D eigenvalue weighted by Crippen LogP contribution is 2.34. The van der Waals surface area contributed by atoms with E-state index in [0.717, 1.165) is 31.4 Å². The van der Waals surface area contributed by atoms with Gasteiger partial charge < -0.3 is 14.8 Å². The van der Waals surface area contributed by atoms with Crippen molar-refractivity contribution in [3.8, 4) is 11.5 Å². The van der Waals surface area contributed by atoms with Gasteiger partial charge in [0.15, 0.2) is 0 Å². The lowest BCUT2D eigenvalue weighted by Gasteiger charge is -2.34. The number of likely N-dealkylation sites (tertiary alicyclic amines) is 1. The fourth-order valence-corrected chi connectivity index (χ4v) is 5.05. The molecule has 2 heterocycles. The SMILES string of the molecule is COc1ccc(OC)c(NC(=O)C(C)N2CCC(c3nc4ccccc4s3)CC2)c1. The van der Waals surface area contributed by atoms with E-state index in [1.165, 1.54) is 9.71 Å². The Balaban J connectivity index is 1.38. The summed E-state index contributed by atoms with van der Waals surface area (Å²) in [7, 11) is 3.19. The molecule has 1 amide bonds. The number of benzene rings is 2. The highest BCUT2D eigenvalue weighted by Gasteiger charge is 2.29. The molecule has 7 heteroatoms. The van der Waals surface area contributed by atoms with E-state index in [9.17, 15) is 4.79 Å². The zero-order valence-corrected chi connectivity index (χ0v) is 18.4. The van der Waals surface area contributed by atoms with Crippen LogP contribution in [0.1, 0.15) is 30.7 Å². The maximum Gasteiger partial charge on any atom is 0.241 e. The van der Waals surface area contributed by atoms with Gasteiger partial charge in [-0.15, -0.1) is 11.3 Å². The molecule has 3 aromatic rings. The molecule has 1 fully saturated rings. The molecule has 1 aromatic heterocycles. The average Bonchev–Trinajstić information content (AvgIpc) is 3.23. The average molecular weight is 426 g/mol. The van der Waals surface area contributed by atoms with Crippen molar-refractivity contribution in [2.45, 2.75) is 31.7 Å². The number of anilines is 1. The Kier molecular flexibility index (Phi) is 6.20. The summed E-state index contributed by atoms with van der Waals surface area (Å²) >= 11 is 1.79. The van der Waals surface area contributed by atoms with E-state index in [1.54, 1.807) is 37.7 Å². The third-order valence-corrected chi connectivity index (χ3v) is 6.98. The summed E-state index contributed by atoms with van der Waals surface area (Å²) in [4.78, 5) is 20.0. The molecule has 1 unspecified atom stereocenters. The summed E-state index contributed by atoms with van der Waals surface area (Å²) in [5.74, 6) is 1.72. The van der Waals surface area contributed by atoms with Crippen LogP contribution in [0.2, 0.25) is 0 Å². The monoisotopic (exact) mass is 425 g/mol. The quantitative estimate of drug-likeness (QED) is 0.629. The largest absolute Gasteiger partial charge is 0.497 e. The van der Waals surface area contributed by atoms with Crippen molar-refractivity contribution >= 4 is 33.1 Å². The molecule has 0 spiro atoms. The molecule has 0 aliphatic carbocycles. The molecule has 1 saturated heterocycles. The van der Waals surface area contributed by atoms with Crippen LogP contribution in [0.4, 0.5) is 5.69 Å². The summed E-state index contributed by atoms with van der Waals surface area (Å²) < 4.78 is 11.9. The molecule has 1 aliphatic rings. The second-order valence-corrected chi connectivity index (χ2v) is 8.62. The number of rotatable bonds is 6. The number of fused-ring (bicyclic) bond motifs is 1. The Morgan fingerprint density at radius 3 is 2.63 bits per heavy atom. The fourth-order valence-electron chi connectivity index (χ4n) is 3.91. The third-order valence-electron chi connectivity index (χ3n) is 5.78. The molecular weight excluding hydrogens is 398 g/mol. The number of nitrogens with one attached hydrogen (secondary N) is 1. The predicted molar refractivity (Wildman–Crippen MR) is 121 cm³/mol. The molecule has 158 valence electrons. The van der Waals surface area contributed by atoms with Crippen LogP contribution in [-0.2, 0) is 4.79 Å². The number of piperidine rings is 1. The van der Waals surface area contributed by atoms with E-state index in [2.05, 4.69) is 28.4 Å². The smallest absolute Gasteiger partial charge is 0.241 e. The second kappa shape index (κ2) is 9.02. The van der Waals surface area contributed by atoms with Gasteiger partial charge >= 0.3 is 0 Å². The molecular formula is C23H27N3O3S. The first-order valence-electron chi connectivity index (χ1n) is 10.2. The lowest BCUT2D eigenvalue weighted by molar-refractivity contribution is -0.121. The van der Waals surface area contributed by atoms with Crippen LogP contribution in [0.5, 0.6) is 11.5 Å². The second-order valence-electron chi connectivity index (χ2n) is 7.56. The maximum atomic E-state index is 12.9. The summed E-state index contributed by atoms with van der Waals surface area (Å²) in [6.07, 6.45) is 2.03. The predicted octanol–water partition coefficient (Wildman–Crippen LogP) is 4.52. The number of thiazole rings is 1. The summed E-state index contributed by atoms with van der Waals surface area (Å²) in [5.41, 5.74) is 1.71. The topological polar surface area (TPSA) is 63.7 Å². The molecule has 2 aromatic carbocycles. The van der Waals surface area contributed by atoms with Crippen LogP contribution in [0.25, 0.3) is 10.2 Å². The van der Waals surface area contributed by atoms with Crippen LogP contribution < -0.4 is 14.8 Å². The van der Waals surface area contributed by atoms with Crippen molar-refractivity contribution < 1.29 is 14.3 Å². The molecule has 1 atom stereocenters. The molecule has 4 rings (SSSR count). The van der Waals surface area contributed by atoms with Gasteiger partial charge in [-0.25, -0.2) is 4.98 Å². The molecule has 1 aliphatic heterocycles. The van der Waals surface area contributed by atoms with Crippen molar-refractivity contribution in [2.24, 2.45) is 0 Å². The summed E-state index contributed by atoms with van der Waals surface area (Å²) in [6, 6.07) is 13.5. The number of amides is 1. The van der Waals surface area contributed by atoms with E-state index >= 15 is 0 Å². The highest BCUT2D eigenvalue weighted by atomic mass is 32.1. The fraction of sp³-hybridized carbons (Fsp3) is 0.391. The van der Waals surface area contributed by atoms with Crippen molar-refractivity contribution in [3.63, 3.8) is 0 Å². The number of para-hydroxylation sites is 1. The number of nitrogens with zero attached hydrogens (tertiary/aromatic N) is 2. The minimum atomic E-state index is -0.225. The lowest BCUT2D eigenvalue weighted by Crippen LogP contribution is -2.45. The van der Waals surface area contributed by atoms with Gasteiger partial charge in [-0.05, 0) is 57.1 Å². The van der Waals surface area contributed by atoms with Gasteiger partial charge in [0, 0.05) is 12.0 Å². The molecule has 6 nitrogen and oxygen atoms in total. The Morgan fingerprint density at radius 1 is 1.17 bits per heavy atom. The first-order valence-corrected chi connectivity index (χ1v) is 11.0. The minimum absolute atomic E-state index is 0.0417. The standard InChI is InChI=1S/C23H27N3O3S/c1-15(22(27)24-19-14-17(28-2)8-9-20(19)29-3)26-12-10-16(11-13-26)23-25-18-6-4-5-7-21(18)30-23/h4-9,14-16H,10-13H2,1-3H3,(H,24,27). The van der Waals surface area contributed by atoms with E-state index in [0.29, 0.717) is 23.1 Å². The number of carbonyl (C=O) groups excluding carboxylic acids is 1. The third kappa shape index (κ3) is 4.27. The Bertz CT molecular complexity index is 994. The van der Waals surface area contributed by atoms with Gasteiger partial charge in [-0.1, -0.05) is 12.1 Å². The Hall–Kier alpha value is -2.64. The van der Waals surface area contributed by atoms with Crippen molar-refractivity contribution in [3.05, 3.63) is 47.5 Å². The van der Waals surface area contributed by atoms with Crippen LogP contribution in [-0.4, -0.2) is 49.1 Å². The Labute approximate surface area is 180 Å². The van der Waals surface area contributed by atoms with Crippen LogP contribution in [0, 0.1) is 0 Å². The highest BCUT2D eigenvalue weighted by molar-refractivity contribution is 7.18. The number of aromatic nitrogens is 1. The molecule has 0 bridgehead atoms. The summed E-state index contributed by atoms with van der Waals surface area (Å²) in [6.45, 7) is 3.72. The zero-order chi connectivity index (χ0) is 21.1. The first kappa shape index (κ1) is 20.6. The van der Waals surface area contributed by atoms with Crippen LogP contribution >= 0.6 is 11.3 Å². The van der Waals surface area contributed by atoms with Crippen molar-refractivity contribution in [1.29, 1.82) is 0 Å². The summed E-state index contributed by atoms with van der Waals surface area (Å²) in [5, 5.41) is 4.21. The number of methoxy groups -OCH3 is 2. The van der Waals surface area contributed by atoms with E-state index in [4.69, 9.17) is 14.5 Å². The Morgan fingerprint density at radius 2 is 1.93 bits per heavy atom. The number of hydrogen-bond donors (Lipinski definition) is 1. The number of carbonyl (C=O) groups is 1. The number of ether oxygens (including phenoxy) is 2. The van der Waals surface area contributed by atoms with Crippen LogP contribution in [0.15, 0.2) is 42.5 Å². The van der Waals surface area contributed by atoms with Crippen molar-refractivity contribution in [2.75, 3.05) is 32.6 Å². The maximum absolute atomic E-state index is 12.9. The van der Waals surface area contributed by atoms with Gasteiger partial charge in [0.25, 0.3) is 0 Å². The van der Waals surface area contributed by atoms with Gasteiger partial charge in [-0.2, -0.15) is 0 Å². The zero-order valence-electron chi connectivity index (χ0n) is 17.6. The van der Waals surface area contributed by atoms with E-state index in [1.807, 2.05) is 19.1 Å². The van der Waals surface area contributed by atoms with E-state index < -0.39 is 0 Å². The van der Waals surface area contributed by atoms with Gasteiger partial charge in [-0.3, -0.25) is 9.69 Å². The van der Waals surface area contributed by atoms with E-state index in [-0.39, 0.29) is 11.9 Å². The molecule has 30 heavy (non-hydrogen) atoms. The molecule has 0 radical (unpaired) electrons. The molecule has 0 saturated carbocycles. The normalized spacial score (nSPS) is 16.4. The van der Waals surface area contributed by atoms with Gasteiger partial charge in [0.1, 0.15) is 11.5 Å². The number of hydrogen-bond acceptors (Lipinski definition) is 6. The van der Waals surface area contributed by atoms with Gasteiger partial charge in [0.05, 0.1) is 41.2 Å². The van der Waals surface area contributed by atoms with Crippen LogP contribution in [0.3, 0.4) is 0 Å². The van der Waals surface area contributed by atoms with Gasteiger partial charge in [0.2, 0.25) is 5.91 Å². The minimum Gasteiger partial charge on any atom is -0.497 e. The van der Waals surface area contributed by atoms with Crippen molar-refractivity contribution in [1.82, 2.24) is 9.88 Å².